The monoisotopic (exact) mass is 430 g/mol. The quantitative estimate of drug-likeness (QED) is 0.576. The average molecular weight is 430 g/mol. The highest BCUT2D eigenvalue weighted by atomic mass is 32.2. The minimum Gasteiger partial charge on any atom is -0.480 e. The lowest BCUT2D eigenvalue weighted by Crippen LogP contribution is -2.54. The zero-order valence-electron chi connectivity index (χ0n) is 16.1. The number of carboxylic acids is 2. The first-order chi connectivity index (χ1) is 14.4. The predicted molar refractivity (Wildman–Crippen MR) is 111 cm³/mol. The number of nitrogens with one attached hydrogen (secondary N) is 1. The van der Waals surface area contributed by atoms with Crippen molar-refractivity contribution >= 4 is 34.3 Å². The fraction of sp³-hybridized carbons (Fsp3) is 0.286. The fourth-order valence-electron chi connectivity index (χ4n) is 3.39. The molecule has 158 valence electrons. The van der Waals surface area contributed by atoms with Crippen LogP contribution in [-0.4, -0.2) is 56.6 Å². The number of para-hydroxylation sites is 1. The molecule has 2 aromatic carbocycles. The molecule has 1 unspecified atom stereocenters. The first-order valence-electron chi connectivity index (χ1n) is 9.40. The Kier molecular flexibility index (Phi) is 6.96. The Morgan fingerprint density at radius 2 is 1.77 bits per heavy atom. The molecule has 0 fully saturated rings. The van der Waals surface area contributed by atoms with Crippen LogP contribution in [0.25, 0.3) is 0 Å². The van der Waals surface area contributed by atoms with Crippen molar-refractivity contribution in [3.05, 3.63) is 60.2 Å². The Hall–Kier alpha value is -3.04. The van der Waals surface area contributed by atoms with E-state index < -0.39 is 47.3 Å². The van der Waals surface area contributed by atoms with E-state index in [4.69, 9.17) is 0 Å². The molecule has 0 bridgehead atoms. The number of carbonyl (C=O) groups excluding carboxylic acids is 1. The van der Waals surface area contributed by atoms with Crippen LogP contribution in [0.3, 0.4) is 0 Å². The van der Waals surface area contributed by atoms with Gasteiger partial charge in [0.05, 0.1) is 33.2 Å². The van der Waals surface area contributed by atoms with Crippen molar-refractivity contribution in [3.8, 4) is 0 Å². The van der Waals surface area contributed by atoms with Gasteiger partial charge in [-0.3, -0.25) is 28.8 Å². The number of fused-ring (bicyclic) bond motifs is 1. The number of carboxylic acid groups (broad SMARTS) is 2. The lowest BCUT2D eigenvalue weighted by molar-refractivity contribution is -0.140. The first kappa shape index (κ1) is 21.7. The van der Waals surface area contributed by atoms with Crippen LogP contribution >= 0.6 is 0 Å². The molecule has 1 heterocycles. The number of anilines is 1. The van der Waals surface area contributed by atoms with Crippen LogP contribution in [0.1, 0.15) is 12.0 Å². The largest absolute Gasteiger partial charge is 0.480 e. The Morgan fingerprint density at radius 3 is 2.43 bits per heavy atom. The predicted octanol–water partition coefficient (Wildman–Crippen LogP) is 1.27. The van der Waals surface area contributed by atoms with E-state index in [0.29, 0.717) is 11.3 Å². The van der Waals surface area contributed by atoms with Crippen LogP contribution < -0.4 is 10.2 Å². The van der Waals surface area contributed by atoms with Crippen LogP contribution in [0.2, 0.25) is 0 Å². The lowest BCUT2D eigenvalue weighted by Gasteiger charge is -2.26. The molecule has 0 radical (unpaired) electrons. The van der Waals surface area contributed by atoms with Gasteiger partial charge in [-0.2, -0.15) is 0 Å². The number of nitrogens with zero attached hydrogens (tertiary/aromatic N) is 1. The molecule has 9 heteroatoms. The highest BCUT2D eigenvalue weighted by Crippen LogP contribution is 2.28. The van der Waals surface area contributed by atoms with Crippen LogP contribution in [0.5, 0.6) is 0 Å². The van der Waals surface area contributed by atoms with Gasteiger partial charge in [-0.1, -0.05) is 42.5 Å². The van der Waals surface area contributed by atoms with E-state index in [-0.39, 0.29) is 17.9 Å². The third-order valence-electron chi connectivity index (χ3n) is 4.84. The van der Waals surface area contributed by atoms with Crippen molar-refractivity contribution in [1.82, 2.24) is 5.32 Å². The Morgan fingerprint density at radius 1 is 1.10 bits per heavy atom. The van der Waals surface area contributed by atoms with E-state index in [2.05, 4.69) is 5.32 Å². The van der Waals surface area contributed by atoms with Gasteiger partial charge in [0.25, 0.3) is 0 Å². The molecule has 3 rings (SSSR count). The van der Waals surface area contributed by atoms with Crippen LogP contribution in [-0.2, 0) is 31.6 Å². The van der Waals surface area contributed by atoms with Gasteiger partial charge in [-0.05, 0) is 30.5 Å². The Labute approximate surface area is 176 Å². The van der Waals surface area contributed by atoms with Gasteiger partial charge in [0.2, 0.25) is 5.91 Å². The third-order valence-corrected chi connectivity index (χ3v) is 6.31. The SMILES string of the molecule is O=C(O)CN1C(=O)[C@@H](N[C@@H](CCc2ccccc2)C(=O)O)CS(=O)c2ccccc21. The maximum atomic E-state index is 13.1. The molecule has 1 amide bonds. The summed E-state index contributed by atoms with van der Waals surface area (Å²) in [7, 11) is -1.60. The van der Waals surface area contributed by atoms with E-state index in [1.807, 2.05) is 30.3 Å². The van der Waals surface area contributed by atoms with Crippen molar-refractivity contribution < 1.29 is 28.8 Å². The number of hydrogen-bond acceptors (Lipinski definition) is 5. The molecule has 1 aliphatic heterocycles. The second kappa shape index (κ2) is 9.64. The summed E-state index contributed by atoms with van der Waals surface area (Å²) in [6.45, 7) is -0.604. The van der Waals surface area contributed by atoms with Gasteiger partial charge in [-0.25, -0.2) is 0 Å². The number of benzene rings is 2. The summed E-state index contributed by atoms with van der Waals surface area (Å²) >= 11 is 0. The zero-order chi connectivity index (χ0) is 21.7. The second-order valence-electron chi connectivity index (χ2n) is 6.93. The summed E-state index contributed by atoms with van der Waals surface area (Å²) in [5.74, 6) is -3.10. The first-order valence-corrected chi connectivity index (χ1v) is 10.7. The molecule has 0 saturated carbocycles. The number of aryl methyl sites for hydroxylation is 1. The van der Waals surface area contributed by atoms with Gasteiger partial charge < -0.3 is 10.2 Å². The summed E-state index contributed by atoms with van der Waals surface area (Å²) in [5, 5.41) is 21.7. The lowest BCUT2D eigenvalue weighted by atomic mass is 10.0. The minimum atomic E-state index is -1.60. The highest BCUT2D eigenvalue weighted by Gasteiger charge is 2.36. The summed E-state index contributed by atoms with van der Waals surface area (Å²) in [6.07, 6.45) is 0.704. The van der Waals surface area contributed by atoms with Crippen LogP contribution in [0, 0.1) is 0 Å². The molecule has 0 spiro atoms. The fourth-order valence-corrected chi connectivity index (χ4v) is 4.75. The topological polar surface area (TPSA) is 124 Å². The summed E-state index contributed by atoms with van der Waals surface area (Å²) in [5.41, 5.74) is 1.23. The maximum Gasteiger partial charge on any atom is 0.323 e. The number of amides is 1. The number of carbonyl (C=O) groups is 3. The molecule has 8 nitrogen and oxygen atoms in total. The number of aliphatic carboxylic acids is 2. The molecular formula is C21H22N2O6S. The van der Waals surface area contributed by atoms with Crippen molar-refractivity contribution in [1.29, 1.82) is 0 Å². The van der Waals surface area contributed by atoms with Crippen molar-refractivity contribution in [2.45, 2.75) is 29.8 Å². The summed E-state index contributed by atoms with van der Waals surface area (Å²) in [6, 6.07) is 13.6. The molecule has 0 aromatic heterocycles. The summed E-state index contributed by atoms with van der Waals surface area (Å²) < 4.78 is 12.8. The normalized spacial score (nSPS) is 19.6. The van der Waals surface area contributed by atoms with E-state index in [1.165, 1.54) is 0 Å². The molecule has 0 saturated heterocycles. The van der Waals surface area contributed by atoms with Crippen molar-refractivity contribution in [2.75, 3.05) is 17.2 Å². The van der Waals surface area contributed by atoms with Crippen molar-refractivity contribution in [3.63, 3.8) is 0 Å². The number of hydrogen-bond donors (Lipinski definition) is 3. The van der Waals surface area contributed by atoms with Crippen LogP contribution in [0.4, 0.5) is 5.69 Å². The van der Waals surface area contributed by atoms with Gasteiger partial charge in [0, 0.05) is 0 Å². The zero-order valence-corrected chi connectivity index (χ0v) is 16.9. The third kappa shape index (κ3) is 5.11. The van der Waals surface area contributed by atoms with E-state index in [9.17, 15) is 28.8 Å². The average Bonchev–Trinajstić information content (AvgIpc) is 2.82. The van der Waals surface area contributed by atoms with Crippen molar-refractivity contribution in [2.24, 2.45) is 0 Å². The molecule has 3 atom stereocenters. The van der Waals surface area contributed by atoms with E-state index in [1.54, 1.807) is 24.3 Å². The molecule has 2 aromatic rings. The Balaban J connectivity index is 1.83. The Bertz CT molecular complexity index is 965. The highest BCUT2D eigenvalue weighted by molar-refractivity contribution is 7.85. The molecular weight excluding hydrogens is 408 g/mol. The molecule has 1 aliphatic rings. The van der Waals surface area contributed by atoms with Crippen LogP contribution in [0.15, 0.2) is 59.5 Å². The summed E-state index contributed by atoms with van der Waals surface area (Å²) in [4.78, 5) is 37.6. The maximum absolute atomic E-state index is 13.1. The standard InChI is InChI=1S/C21H22N2O6S/c24-19(25)12-23-17-8-4-5-9-18(17)30(29)13-16(20(23)26)22-15(21(27)28)11-10-14-6-2-1-3-7-14/h1-9,15-16,22H,10-13H2,(H,24,25)(H,27,28)/t15-,16-,30?/m0/s1. The van der Waals surface area contributed by atoms with Gasteiger partial charge >= 0.3 is 11.9 Å². The van der Waals surface area contributed by atoms with Gasteiger partial charge in [0.1, 0.15) is 12.6 Å². The van der Waals surface area contributed by atoms with E-state index >= 15 is 0 Å². The van der Waals surface area contributed by atoms with Gasteiger partial charge in [-0.15, -0.1) is 0 Å². The van der Waals surface area contributed by atoms with E-state index in [0.717, 1.165) is 10.5 Å². The number of rotatable bonds is 8. The smallest absolute Gasteiger partial charge is 0.323 e. The molecule has 3 N–H and O–H groups in total. The second-order valence-corrected chi connectivity index (χ2v) is 8.40. The minimum absolute atomic E-state index is 0.138. The molecule has 30 heavy (non-hydrogen) atoms. The van der Waals surface area contributed by atoms with Gasteiger partial charge in [0.15, 0.2) is 0 Å². The molecule has 0 aliphatic carbocycles.